The van der Waals surface area contributed by atoms with Crippen LogP contribution in [0.25, 0.3) is 53.6 Å². The molecule has 2 heteroatoms. The van der Waals surface area contributed by atoms with Crippen LogP contribution in [-0.4, -0.2) is 0 Å². The van der Waals surface area contributed by atoms with Crippen LogP contribution in [0.1, 0.15) is 47.2 Å². The molecule has 2 aliphatic rings. The summed E-state index contributed by atoms with van der Waals surface area (Å²) in [5, 5.41) is 2.64. The first-order chi connectivity index (χ1) is 29.5. The van der Waals surface area contributed by atoms with Crippen molar-refractivity contribution in [1.29, 1.82) is 0 Å². The van der Waals surface area contributed by atoms with E-state index in [1.807, 2.05) is 11.3 Å². The van der Waals surface area contributed by atoms with Crippen molar-refractivity contribution in [3.8, 4) is 33.4 Å². The van der Waals surface area contributed by atoms with E-state index < -0.39 is 0 Å². The van der Waals surface area contributed by atoms with Crippen molar-refractivity contribution in [2.75, 3.05) is 4.90 Å². The highest BCUT2D eigenvalue weighted by atomic mass is 32.1. The van der Waals surface area contributed by atoms with Crippen LogP contribution in [-0.2, 0) is 10.8 Å². The molecule has 2 unspecified atom stereocenters. The van der Waals surface area contributed by atoms with Gasteiger partial charge in [-0.2, -0.15) is 0 Å². The zero-order chi connectivity index (χ0) is 40.0. The topological polar surface area (TPSA) is 3.24 Å². The predicted octanol–water partition coefficient (Wildman–Crippen LogP) is 15.9. The Hall–Kier alpha value is -7.00. The van der Waals surface area contributed by atoms with Crippen molar-refractivity contribution in [2.45, 2.75) is 24.7 Å². The monoisotopic (exact) mass is 783 g/mol. The van der Waals surface area contributed by atoms with Crippen LogP contribution < -0.4 is 4.90 Å². The van der Waals surface area contributed by atoms with Gasteiger partial charge in [-0.1, -0.05) is 158 Å². The van der Waals surface area contributed by atoms with Crippen molar-refractivity contribution in [3.05, 3.63) is 246 Å². The number of hydrogen-bond donors (Lipinski definition) is 0. The maximum atomic E-state index is 2.47. The molecular weight excluding hydrogens is 743 g/mol. The minimum atomic E-state index is -0.308. The lowest BCUT2D eigenvalue weighted by Crippen LogP contribution is -2.23. The van der Waals surface area contributed by atoms with Crippen LogP contribution in [0, 0.1) is 0 Å². The van der Waals surface area contributed by atoms with Crippen molar-refractivity contribution in [1.82, 2.24) is 0 Å². The SMILES string of the molecule is CC1(c2ccccc2)c2ccccc2-c2cc(N(c3ccc(-c4ccc5sc6ccccc6c5c4)cc3)c3ccc4c(c3)C(C)(c3ccccc3)c3ccccc3-4)ccc21. The third-order valence-corrected chi connectivity index (χ3v) is 14.8. The minimum Gasteiger partial charge on any atom is -0.310 e. The number of benzene rings is 9. The lowest BCUT2D eigenvalue weighted by molar-refractivity contribution is 0.713. The van der Waals surface area contributed by atoms with Gasteiger partial charge >= 0.3 is 0 Å². The number of fused-ring (bicyclic) bond motifs is 9. The maximum Gasteiger partial charge on any atom is 0.0468 e. The molecule has 0 saturated heterocycles. The summed E-state index contributed by atoms with van der Waals surface area (Å²) >= 11 is 1.87. The van der Waals surface area contributed by atoms with E-state index in [-0.39, 0.29) is 10.8 Å². The summed E-state index contributed by atoms with van der Waals surface area (Å²) in [7, 11) is 0. The van der Waals surface area contributed by atoms with Crippen LogP contribution >= 0.6 is 11.3 Å². The van der Waals surface area contributed by atoms with Gasteiger partial charge in [0.2, 0.25) is 0 Å². The summed E-state index contributed by atoms with van der Waals surface area (Å²) in [5.74, 6) is 0. The number of thiophene rings is 1. The standard InChI is InChI=1S/C58H41NS/c1-57(40-15-5-3-6-16-40)52-23-13-10-20-46(52)49-36-43(31-33-53(49)57)59(42-28-25-38(26-29-42)39-27-34-56-50(35-39)48-21-11-14-24-55(48)60-56)44-30-32-47-45-19-9-12-22-51(45)58(2,54(47)37-44)41-17-7-4-8-18-41/h3-37H,1-2H3. The highest BCUT2D eigenvalue weighted by Crippen LogP contribution is 2.56. The van der Waals surface area contributed by atoms with E-state index >= 15 is 0 Å². The van der Waals surface area contributed by atoms with E-state index in [1.165, 1.54) is 86.9 Å². The molecule has 10 aromatic rings. The molecule has 0 radical (unpaired) electrons. The van der Waals surface area contributed by atoms with Crippen LogP contribution in [0.3, 0.4) is 0 Å². The lowest BCUT2D eigenvalue weighted by atomic mass is 9.74. The Balaban J connectivity index is 1.04. The van der Waals surface area contributed by atoms with Crippen molar-refractivity contribution < 1.29 is 0 Å². The Kier molecular flexibility index (Phi) is 7.73. The third-order valence-electron chi connectivity index (χ3n) is 13.6. The van der Waals surface area contributed by atoms with Gasteiger partial charge in [0, 0.05) is 48.1 Å². The summed E-state index contributed by atoms with van der Waals surface area (Å²) < 4.78 is 2.66. The van der Waals surface area contributed by atoms with Gasteiger partial charge in [-0.25, -0.2) is 0 Å². The minimum absolute atomic E-state index is 0.260. The van der Waals surface area contributed by atoms with Gasteiger partial charge in [-0.15, -0.1) is 11.3 Å². The van der Waals surface area contributed by atoms with E-state index in [1.54, 1.807) is 0 Å². The Morgan fingerprint density at radius 3 is 1.55 bits per heavy atom. The number of anilines is 3. The smallest absolute Gasteiger partial charge is 0.0468 e. The summed E-state index contributed by atoms with van der Waals surface area (Å²) in [6, 6.07) is 79.1. The first kappa shape index (κ1) is 35.0. The molecule has 2 aliphatic carbocycles. The molecule has 60 heavy (non-hydrogen) atoms. The number of rotatable bonds is 6. The molecule has 0 bridgehead atoms. The average molecular weight is 784 g/mol. The first-order valence-electron chi connectivity index (χ1n) is 20.9. The molecule has 1 aromatic heterocycles. The molecule has 0 N–H and O–H groups in total. The van der Waals surface area contributed by atoms with Crippen molar-refractivity contribution in [3.63, 3.8) is 0 Å². The fourth-order valence-electron chi connectivity index (χ4n) is 10.6. The van der Waals surface area contributed by atoms with Crippen LogP contribution in [0.5, 0.6) is 0 Å². The van der Waals surface area contributed by atoms with Gasteiger partial charge in [0.25, 0.3) is 0 Å². The van der Waals surface area contributed by atoms with Gasteiger partial charge in [-0.3, -0.25) is 0 Å². The summed E-state index contributed by atoms with van der Waals surface area (Å²) in [5.41, 5.74) is 18.4. The molecule has 1 nitrogen and oxygen atoms in total. The molecule has 1 heterocycles. The van der Waals surface area contributed by atoms with E-state index in [0.717, 1.165) is 17.1 Å². The van der Waals surface area contributed by atoms with Crippen LogP contribution in [0.2, 0.25) is 0 Å². The maximum absolute atomic E-state index is 2.47. The second-order valence-corrected chi connectivity index (χ2v) is 17.8. The third kappa shape index (κ3) is 5.04. The molecule has 0 fully saturated rings. The van der Waals surface area contributed by atoms with Crippen LogP contribution in [0.15, 0.2) is 212 Å². The molecule has 284 valence electrons. The molecule has 9 aromatic carbocycles. The number of hydrogen-bond acceptors (Lipinski definition) is 2. The molecule has 0 amide bonds. The van der Waals surface area contributed by atoms with Gasteiger partial charge in [0.05, 0.1) is 0 Å². The normalized spacial score (nSPS) is 17.3. The summed E-state index contributed by atoms with van der Waals surface area (Å²) in [4.78, 5) is 2.47. The summed E-state index contributed by atoms with van der Waals surface area (Å²) in [6.07, 6.45) is 0. The van der Waals surface area contributed by atoms with Gasteiger partial charge in [0.15, 0.2) is 0 Å². The average Bonchev–Trinajstić information content (AvgIpc) is 3.91. The molecule has 0 aliphatic heterocycles. The predicted molar refractivity (Wildman–Crippen MR) is 254 cm³/mol. The Morgan fingerprint density at radius 2 is 0.833 bits per heavy atom. The first-order valence-corrected chi connectivity index (χ1v) is 21.7. The fraction of sp³-hybridized carbons (Fsp3) is 0.0690. The zero-order valence-corrected chi connectivity index (χ0v) is 34.4. The Bertz CT molecular complexity index is 3290. The Labute approximate surface area is 355 Å². The van der Waals surface area contributed by atoms with Gasteiger partial charge in [-0.05, 0) is 135 Å². The highest BCUT2D eigenvalue weighted by molar-refractivity contribution is 7.25. The van der Waals surface area contributed by atoms with Crippen molar-refractivity contribution in [2.24, 2.45) is 0 Å². The van der Waals surface area contributed by atoms with Gasteiger partial charge in [0.1, 0.15) is 0 Å². The quantitative estimate of drug-likeness (QED) is 0.162. The van der Waals surface area contributed by atoms with E-state index in [4.69, 9.17) is 0 Å². The van der Waals surface area contributed by atoms with E-state index in [0.29, 0.717) is 0 Å². The Morgan fingerprint density at radius 1 is 0.333 bits per heavy atom. The largest absolute Gasteiger partial charge is 0.310 e. The molecule has 0 saturated carbocycles. The second-order valence-electron chi connectivity index (χ2n) is 16.7. The highest BCUT2D eigenvalue weighted by Gasteiger charge is 2.42. The molecule has 2 atom stereocenters. The fourth-order valence-corrected chi connectivity index (χ4v) is 11.7. The second kappa shape index (κ2) is 13.3. The zero-order valence-electron chi connectivity index (χ0n) is 33.6. The van der Waals surface area contributed by atoms with E-state index in [2.05, 4.69) is 231 Å². The van der Waals surface area contributed by atoms with Crippen molar-refractivity contribution >= 4 is 48.6 Å². The van der Waals surface area contributed by atoms with E-state index in [9.17, 15) is 0 Å². The lowest BCUT2D eigenvalue weighted by Gasteiger charge is -2.31. The van der Waals surface area contributed by atoms with Gasteiger partial charge < -0.3 is 4.90 Å². The molecular formula is C58H41NS. The molecule has 0 spiro atoms. The molecule has 12 rings (SSSR count). The van der Waals surface area contributed by atoms with Crippen LogP contribution in [0.4, 0.5) is 17.1 Å². The number of nitrogens with zero attached hydrogens (tertiary/aromatic N) is 1. The summed E-state index contributed by atoms with van der Waals surface area (Å²) in [6.45, 7) is 4.79.